The second kappa shape index (κ2) is 7.78. The van der Waals surface area contributed by atoms with Crippen molar-refractivity contribution in [1.29, 1.82) is 0 Å². The summed E-state index contributed by atoms with van der Waals surface area (Å²) in [6.07, 6.45) is 2.53. The molecule has 21 heavy (non-hydrogen) atoms. The Morgan fingerprint density at radius 1 is 1.43 bits per heavy atom. The molecule has 0 saturated heterocycles. The number of carbonyl (C=O) groups is 2. The SMILES string of the molecule is COCCC(NC(=O)OC(C)(C)C)C1CC(C)CCC1=O. The second-order valence-electron chi connectivity index (χ2n) is 6.99. The van der Waals surface area contributed by atoms with Crippen molar-refractivity contribution in [3.63, 3.8) is 0 Å². The Morgan fingerprint density at radius 3 is 2.67 bits per heavy atom. The predicted octanol–water partition coefficient (Wildman–Crippen LogP) is 2.92. The van der Waals surface area contributed by atoms with E-state index in [-0.39, 0.29) is 17.7 Å². The molecule has 1 N–H and O–H groups in total. The number of ketones is 1. The maximum absolute atomic E-state index is 12.2. The summed E-state index contributed by atoms with van der Waals surface area (Å²) >= 11 is 0. The number of methoxy groups -OCH3 is 1. The van der Waals surface area contributed by atoms with E-state index in [1.165, 1.54) is 0 Å². The van der Waals surface area contributed by atoms with E-state index in [9.17, 15) is 9.59 Å². The molecule has 1 amide bonds. The predicted molar refractivity (Wildman–Crippen MR) is 81.2 cm³/mol. The largest absolute Gasteiger partial charge is 0.444 e. The first kappa shape index (κ1) is 18.0. The number of carbonyl (C=O) groups excluding carboxylic acids is 2. The number of Topliss-reactive ketones (excluding diaryl/α,β-unsaturated/α-hetero) is 1. The van der Waals surface area contributed by atoms with Crippen molar-refractivity contribution in [3.05, 3.63) is 0 Å². The molecule has 1 aliphatic rings. The van der Waals surface area contributed by atoms with Crippen LogP contribution in [0, 0.1) is 11.8 Å². The molecule has 0 radical (unpaired) electrons. The van der Waals surface area contributed by atoms with Crippen LogP contribution in [0.4, 0.5) is 4.79 Å². The molecule has 0 bridgehead atoms. The van der Waals surface area contributed by atoms with E-state index in [0.29, 0.717) is 25.4 Å². The van der Waals surface area contributed by atoms with Crippen LogP contribution in [0.1, 0.15) is 53.4 Å². The Labute approximate surface area is 127 Å². The van der Waals surface area contributed by atoms with Crippen LogP contribution in [-0.4, -0.2) is 37.2 Å². The van der Waals surface area contributed by atoms with Gasteiger partial charge in [0, 0.05) is 32.1 Å². The Morgan fingerprint density at radius 2 is 2.10 bits per heavy atom. The summed E-state index contributed by atoms with van der Waals surface area (Å²) in [6, 6.07) is -0.213. The van der Waals surface area contributed by atoms with Crippen molar-refractivity contribution in [2.45, 2.75) is 65.0 Å². The Bertz CT molecular complexity index is 362. The zero-order chi connectivity index (χ0) is 16.0. The van der Waals surface area contributed by atoms with Gasteiger partial charge in [0.05, 0.1) is 0 Å². The van der Waals surface area contributed by atoms with Crippen LogP contribution in [0.2, 0.25) is 0 Å². The third kappa shape index (κ3) is 6.46. The monoisotopic (exact) mass is 299 g/mol. The molecule has 1 fully saturated rings. The van der Waals surface area contributed by atoms with Gasteiger partial charge in [-0.2, -0.15) is 0 Å². The number of rotatable bonds is 5. The van der Waals surface area contributed by atoms with Crippen molar-refractivity contribution in [2.75, 3.05) is 13.7 Å². The Balaban J connectivity index is 2.70. The summed E-state index contributed by atoms with van der Waals surface area (Å²) in [5.41, 5.74) is -0.542. The van der Waals surface area contributed by atoms with Crippen molar-refractivity contribution in [2.24, 2.45) is 11.8 Å². The normalized spacial score (nSPS) is 24.5. The fourth-order valence-electron chi connectivity index (χ4n) is 2.72. The average molecular weight is 299 g/mol. The van der Waals surface area contributed by atoms with E-state index < -0.39 is 11.7 Å². The minimum Gasteiger partial charge on any atom is -0.444 e. The third-order valence-corrected chi connectivity index (χ3v) is 3.77. The minimum atomic E-state index is -0.542. The first-order valence-corrected chi connectivity index (χ1v) is 7.74. The summed E-state index contributed by atoms with van der Waals surface area (Å²) in [5, 5.41) is 2.87. The van der Waals surface area contributed by atoms with Crippen molar-refractivity contribution >= 4 is 11.9 Å². The molecule has 122 valence electrons. The van der Waals surface area contributed by atoms with Crippen molar-refractivity contribution in [1.82, 2.24) is 5.32 Å². The fraction of sp³-hybridized carbons (Fsp3) is 0.875. The summed E-state index contributed by atoms with van der Waals surface area (Å²) in [5.74, 6) is 0.625. The summed E-state index contributed by atoms with van der Waals surface area (Å²) in [4.78, 5) is 24.2. The highest BCUT2D eigenvalue weighted by Gasteiger charge is 2.34. The van der Waals surface area contributed by atoms with Gasteiger partial charge in [-0.1, -0.05) is 6.92 Å². The van der Waals surface area contributed by atoms with Crippen molar-refractivity contribution in [3.8, 4) is 0 Å². The first-order valence-electron chi connectivity index (χ1n) is 7.74. The van der Waals surface area contributed by atoms with Gasteiger partial charge < -0.3 is 14.8 Å². The van der Waals surface area contributed by atoms with E-state index in [4.69, 9.17) is 9.47 Å². The lowest BCUT2D eigenvalue weighted by atomic mass is 9.77. The molecule has 1 aliphatic carbocycles. The van der Waals surface area contributed by atoms with E-state index in [0.717, 1.165) is 12.8 Å². The lowest BCUT2D eigenvalue weighted by Gasteiger charge is -2.33. The van der Waals surface area contributed by atoms with Gasteiger partial charge in [-0.15, -0.1) is 0 Å². The second-order valence-corrected chi connectivity index (χ2v) is 6.99. The maximum Gasteiger partial charge on any atom is 0.407 e. The van der Waals surface area contributed by atoms with Crippen LogP contribution in [0.5, 0.6) is 0 Å². The molecule has 0 heterocycles. The first-order chi connectivity index (χ1) is 9.73. The van der Waals surface area contributed by atoms with E-state index in [1.807, 2.05) is 20.8 Å². The molecule has 1 saturated carbocycles. The Kier molecular flexibility index (Phi) is 6.65. The molecule has 3 unspecified atom stereocenters. The van der Waals surface area contributed by atoms with Gasteiger partial charge >= 0.3 is 6.09 Å². The zero-order valence-electron chi connectivity index (χ0n) is 13.9. The van der Waals surface area contributed by atoms with Gasteiger partial charge in [-0.3, -0.25) is 4.79 Å². The van der Waals surface area contributed by atoms with Crippen LogP contribution in [0.15, 0.2) is 0 Å². The number of amides is 1. The molecular weight excluding hydrogens is 270 g/mol. The van der Waals surface area contributed by atoms with E-state index in [1.54, 1.807) is 7.11 Å². The number of hydrogen-bond donors (Lipinski definition) is 1. The van der Waals surface area contributed by atoms with Gasteiger partial charge in [0.1, 0.15) is 11.4 Å². The molecule has 0 aromatic heterocycles. The molecule has 5 nitrogen and oxygen atoms in total. The number of ether oxygens (including phenoxy) is 2. The highest BCUT2D eigenvalue weighted by molar-refractivity contribution is 5.83. The fourth-order valence-corrected chi connectivity index (χ4v) is 2.72. The maximum atomic E-state index is 12.2. The summed E-state index contributed by atoms with van der Waals surface area (Å²) in [6.45, 7) is 8.14. The highest BCUT2D eigenvalue weighted by atomic mass is 16.6. The standard InChI is InChI=1S/C16H29NO4/c1-11-6-7-14(18)12(10-11)13(8-9-20-5)17-15(19)21-16(2,3)4/h11-13H,6-10H2,1-5H3,(H,17,19). The van der Waals surface area contributed by atoms with Gasteiger partial charge in [0.2, 0.25) is 0 Å². The molecule has 5 heteroatoms. The Hall–Kier alpha value is -1.10. The topological polar surface area (TPSA) is 64.6 Å². The van der Waals surface area contributed by atoms with Crippen molar-refractivity contribution < 1.29 is 19.1 Å². The quantitative estimate of drug-likeness (QED) is 0.847. The number of alkyl carbamates (subject to hydrolysis) is 1. The van der Waals surface area contributed by atoms with E-state index >= 15 is 0 Å². The van der Waals surface area contributed by atoms with Crippen LogP contribution in [-0.2, 0) is 14.3 Å². The van der Waals surface area contributed by atoms with Crippen LogP contribution < -0.4 is 5.32 Å². The lowest BCUT2D eigenvalue weighted by molar-refractivity contribution is -0.126. The number of hydrogen-bond acceptors (Lipinski definition) is 4. The van der Waals surface area contributed by atoms with Gasteiger partial charge in [0.25, 0.3) is 0 Å². The highest BCUT2D eigenvalue weighted by Crippen LogP contribution is 2.29. The minimum absolute atomic E-state index is 0.128. The summed E-state index contributed by atoms with van der Waals surface area (Å²) < 4.78 is 10.4. The van der Waals surface area contributed by atoms with Gasteiger partial charge in [0.15, 0.2) is 0 Å². The molecule has 0 aromatic carbocycles. The zero-order valence-corrected chi connectivity index (χ0v) is 13.9. The van der Waals surface area contributed by atoms with Gasteiger partial charge in [-0.25, -0.2) is 4.79 Å². The molecule has 1 rings (SSSR count). The number of nitrogens with one attached hydrogen (secondary N) is 1. The molecule has 0 aliphatic heterocycles. The van der Waals surface area contributed by atoms with Gasteiger partial charge in [-0.05, 0) is 46.0 Å². The molecule has 3 atom stereocenters. The third-order valence-electron chi connectivity index (χ3n) is 3.77. The van der Waals surface area contributed by atoms with E-state index in [2.05, 4.69) is 12.2 Å². The summed E-state index contributed by atoms with van der Waals surface area (Å²) in [7, 11) is 1.62. The van der Waals surface area contributed by atoms with Crippen LogP contribution in [0.25, 0.3) is 0 Å². The average Bonchev–Trinajstić information content (AvgIpc) is 2.35. The molecule has 0 spiro atoms. The smallest absolute Gasteiger partial charge is 0.407 e. The molecule has 0 aromatic rings. The lowest BCUT2D eigenvalue weighted by Crippen LogP contribution is -2.47. The molecular formula is C16H29NO4. The van der Waals surface area contributed by atoms with Crippen LogP contribution >= 0.6 is 0 Å². The van der Waals surface area contributed by atoms with Crippen LogP contribution in [0.3, 0.4) is 0 Å².